The van der Waals surface area contributed by atoms with Gasteiger partial charge in [-0.3, -0.25) is 10.5 Å². The minimum Gasteiger partial charge on any atom is -0.252 e. The molecule has 0 aliphatic heterocycles. The van der Waals surface area contributed by atoms with E-state index >= 15 is 0 Å². The summed E-state index contributed by atoms with van der Waals surface area (Å²) in [5, 5.41) is 17.2. The average Bonchev–Trinajstić information content (AvgIpc) is 2.56. The van der Waals surface area contributed by atoms with E-state index in [1.807, 2.05) is 38.1 Å². The van der Waals surface area contributed by atoms with Crippen LogP contribution in [0.4, 0.5) is 0 Å². The molecule has 0 fully saturated rings. The Morgan fingerprint density at radius 3 is 1.27 bits per heavy atom. The number of benzene rings is 2. The number of hydrogen-bond donors (Lipinski definition) is 2. The third kappa shape index (κ3) is 4.64. The molecule has 2 N–H and O–H groups in total. The highest BCUT2D eigenvalue weighted by Crippen LogP contribution is 2.21. The second kappa shape index (κ2) is 8.06. The highest BCUT2D eigenvalue weighted by Gasteiger charge is 2.06. The molecule has 0 spiro atoms. The lowest BCUT2D eigenvalue weighted by Gasteiger charge is -2.10. The van der Waals surface area contributed by atoms with Crippen molar-refractivity contribution in [3.8, 4) is 11.1 Å². The molecule has 0 saturated carbocycles. The predicted molar refractivity (Wildman–Crippen MR) is 85.6 cm³/mol. The van der Waals surface area contributed by atoms with Crippen LogP contribution in [0.2, 0.25) is 0 Å². The van der Waals surface area contributed by atoms with Crippen molar-refractivity contribution in [2.75, 3.05) is 0 Å². The molecule has 2 unspecified atom stereocenters. The molecule has 2 atom stereocenters. The summed E-state index contributed by atoms with van der Waals surface area (Å²) in [6.07, 6.45) is 0.936. The minimum absolute atomic E-state index is 0.208. The maximum absolute atomic E-state index is 8.61. The monoisotopic (exact) mass is 302 g/mol. The van der Waals surface area contributed by atoms with Gasteiger partial charge in [0, 0.05) is 12.8 Å². The lowest BCUT2D eigenvalue weighted by atomic mass is 9.99. The molecule has 0 aliphatic carbocycles. The van der Waals surface area contributed by atoms with Crippen LogP contribution in [-0.4, -0.2) is 22.7 Å². The van der Waals surface area contributed by atoms with E-state index in [0.717, 1.165) is 22.3 Å². The molecule has 0 amide bonds. The van der Waals surface area contributed by atoms with E-state index in [1.165, 1.54) is 0 Å². The van der Waals surface area contributed by atoms with Crippen molar-refractivity contribution in [2.45, 2.75) is 38.9 Å². The fourth-order valence-electron chi connectivity index (χ4n) is 2.40. The Kier molecular flexibility index (Phi) is 6.10. The van der Waals surface area contributed by atoms with Gasteiger partial charge in [-0.25, -0.2) is 9.78 Å². The largest absolute Gasteiger partial charge is 0.252 e. The van der Waals surface area contributed by atoms with Crippen LogP contribution in [0.5, 0.6) is 0 Å². The molecule has 2 aromatic rings. The summed E-state index contributed by atoms with van der Waals surface area (Å²) >= 11 is 0. The van der Waals surface area contributed by atoms with Gasteiger partial charge in [-0.05, 0) is 36.1 Å². The van der Waals surface area contributed by atoms with Gasteiger partial charge < -0.3 is 0 Å². The van der Waals surface area contributed by atoms with Gasteiger partial charge in [0.05, 0.1) is 12.2 Å². The maximum atomic E-state index is 8.61. The molecule has 2 rings (SSSR count). The molecular weight excluding hydrogens is 280 g/mol. The highest BCUT2D eigenvalue weighted by molar-refractivity contribution is 5.64. The van der Waals surface area contributed by atoms with Crippen molar-refractivity contribution in [2.24, 2.45) is 0 Å². The fourth-order valence-corrected chi connectivity index (χ4v) is 2.40. The lowest BCUT2D eigenvalue weighted by Crippen LogP contribution is -2.08. The van der Waals surface area contributed by atoms with Gasteiger partial charge in [-0.1, -0.05) is 48.5 Å². The van der Waals surface area contributed by atoms with Crippen molar-refractivity contribution in [3.63, 3.8) is 0 Å². The summed E-state index contributed by atoms with van der Waals surface area (Å²) in [6.45, 7) is 3.65. The molecule has 118 valence electrons. The summed E-state index contributed by atoms with van der Waals surface area (Å²) in [6, 6.07) is 16.4. The highest BCUT2D eigenvalue weighted by atomic mass is 17.1. The Labute approximate surface area is 130 Å². The van der Waals surface area contributed by atoms with Crippen LogP contribution in [0.15, 0.2) is 48.5 Å². The van der Waals surface area contributed by atoms with Crippen molar-refractivity contribution in [3.05, 3.63) is 59.7 Å². The summed E-state index contributed by atoms with van der Waals surface area (Å²) in [7, 11) is 0. The number of hydrogen-bond acceptors (Lipinski definition) is 4. The number of rotatable bonds is 7. The maximum Gasteiger partial charge on any atom is 0.0939 e. The lowest BCUT2D eigenvalue weighted by molar-refractivity contribution is -0.273. The van der Waals surface area contributed by atoms with Crippen LogP contribution in [0.3, 0.4) is 0 Å². The van der Waals surface area contributed by atoms with E-state index in [2.05, 4.69) is 34.0 Å². The van der Waals surface area contributed by atoms with Gasteiger partial charge in [0.25, 0.3) is 0 Å². The van der Waals surface area contributed by atoms with Crippen LogP contribution < -0.4 is 0 Å². The Morgan fingerprint density at radius 2 is 1.00 bits per heavy atom. The Hall–Kier alpha value is -1.72. The molecule has 0 aliphatic rings. The van der Waals surface area contributed by atoms with E-state index < -0.39 is 0 Å². The van der Waals surface area contributed by atoms with Crippen molar-refractivity contribution in [1.82, 2.24) is 0 Å². The first-order valence-corrected chi connectivity index (χ1v) is 7.41. The fraction of sp³-hybridized carbons (Fsp3) is 0.333. The van der Waals surface area contributed by atoms with Crippen LogP contribution >= 0.6 is 0 Å². The van der Waals surface area contributed by atoms with Gasteiger partial charge in [-0.2, -0.15) is 0 Å². The molecule has 2 aromatic carbocycles. The Balaban J connectivity index is 2.05. The predicted octanol–water partition coefficient (Wildman–Crippen LogP) is 4.19. The smallest absolute Gasteiger partial charge is 0.0939 e. The Morgan fingerprint density at radius 1 is 0.682 bits per heavy atom. The summed E-state index contributed by atoms with van der Waals surface area (Å²) < 4.78 is 0. The molecule has 0 radical (unpaired) electrons. The molecule has 0 heterocycles. The van der Waals surface area contributed by atoms with E-state index in [1.54, 1.807) is 0 Å². The second-order valence-corrected chi connectivity index (χ2v) is 5.63. The van der Waals surface area contributed by atoms with Crippen molar-refractivity contribution < 1.29 is 20.3 Å². The minimum atomic E-state index is -0.208. The normalized spacial score (nSPS) is 13.8. The van der Waals surface area contributed by atoms with Crippen molar-refractivity contribution in [1.29, 1.82) is 0 Å². The second-order valence-electron chi connectivity index (χ2n) is 5.63. The zero-order chi connectivity index (χ0) is 15.9. The summed E-state index contributed by atoms with van der Waals surface area (Å²) in [5.74, 6) is 0. The third-order valence-electron chi connectivity index (χ3n) is 3.65. The molecule has 0 bridgehead atoms. The first kappa shape index (κ1) is 16.6. The standard InChI is InChI=1S/C18H22O4/c1-13(21-19)11-15-3-7-17(8-4-15)18-9-5-16(6-10-18)12-14(2)22-20/h3-10,13-14,19-20H,11-12H2,1-2H3. The SMILES string of the molecule is CC(Cc1ccc(-c2ccc(CC(C)OO)cc2)cc1)OO. The van der Waals surface area contributed by atoms with Crippen LogP contribution in [0.1, 0.15) is 25.0 Å². The van der Waals surface area contributed by atoms with E-state index in [0.29, 0.717) is 12.8 Å². The molecule has 0 saturated heterocycles. The molecule has 4 heteroatoms. The third-order valence-corrected chi connectivity index (χ3v) is 3.65. The van der Waals surface area contributed by atoms with E-state index in [-0.39, 0.29) is 12.2 Å². The van der Waals surface area contributed by atoms with Crippen LogP contribution in [0.25, 0.3) is 11.1 Å². The van der Waals surface area contributed by atoms with E-state index in [4.69, 9.17) is 10.5 Å². The molecule has 4 nitrogen and oxygen atoms in total. The zero-order valence-electron chi connectivity index (χ0n) is 12.9. The molecule has 22 heavy (non-hydrogen) atoms. The molecular formula is C18H22O4. The van der Waals surface area contributed by atoms with Gasteiger partial charge in [0.1, 0.15) is 0 Å². The van der Waals surface area contributed by atoms with Crippen molar-refractivity contribution >= 4 is 0 Å². The van der Waals surface area contributed by atoms with Crippen LogP contribution in [0, 0.1) is 0 Å². The topological polar surface area (TPSA) is 58.9 Å². The summed E-state index contributed by atoms with van der Waals surface area (Å²) in [5.41, 5.74) is 4.52. The average molecular weight is 302 g/mol. The zero-order valence-corrected chi connectivity index (χ0v) is 12.9. The van der Waals surface area contributed by atoms with Gasteiger partial charge in [0.2, 0.25) is 0 Å². The first-order valence-electron chi connectivity index (χ1n) is 7.41. The van der Waals surface area contributed by atoms with E-state index in [9.17, 15) is 0 Å². The quantitative estimate of drug-likeness (QED) is 0.594. The Bertz CT molecular complexity index is 509. The van der Waals surface area contributed by atoms with Gasteiger partial charge >= 0.3 is 0 Å². The van der Waals surface area contributed by atoms with Crippen LogP contribution in [-0.2, 0) is 22.6 Å². The van der Waals surface area contributed by atoms with Gasteiger partial charge in [-0.15, -0.1) is 0 Å². The first-order chi connectivity index (χ1) is 10.6. The van der Waals surface area contributed by atoms with Gasteiger partial charge in [0.15, 0.2) is 0 Å². The summed E-state index contributed by atoms with van der Waals surface area (Å²) in [4.78, 5) is 8.59. The molecule has 0 aromatic heterocycles.